The number of carbonyl (C=O) groups excluding carboxylic acids is 1. The summed E-state index contributed by atoms with van der Waals surface area (Å²) in [4.78, 5) is 19.7. The molecule has 1 heterocycles. The normalized spacial score (nSPS) is 20.8. The average Bonchev–Trinajstić information content (AvgIpc) is 2.80. The minimum atomic E-state index is 0.0171. The summed E-state index contributed by atoms with van der Waals surface area (Å²) in [6, 6.07) is 16.5. The molecule has 0 saturated carbocycles. The van der Waals surface area contributed by atoms with Crippen molar-refractivity contribution in [3.63, 3.8) is 0 Å². The van der Waals surface area contributed by atoms with Gasteiger partial charge in [-0.2, -0.15) is 0 Å². The number of nitrogens with zero attached hydrogens (tertiary/aromatic N) is 3. The number of amides is 1. The molecular formula is C28H39N3O2. The molecule has 1 saturated heterocycles. The second-order valence-electron chi connectivity index (χ2n) is 9.01. The van der Waals surface area contributed by atoms with E-state index >= 15 is 0 Å². The van der Waals surface area contributed by atoms with Crippen molar-refractivity contribution in [3.05, 3.63) is 77.4 Å². The van der Waals surface area contributed by atoms with Crippen molar-refractivity contribution in [2.45, 2.75) is 52.7 Å². The number of phenolic OH excluding ortho intramolecular Hbond substituents is 1. The highest BCUT2D eigenvalue weighted by molar-refractivity contribution is 5.94. The van der Waals surface area contributed by atoms with Crippen LogP contribution in [0, 0.1) is 0 Å². The van der Waals surface area contributed by atoms with Gasteiger partial charge in [0.05, 0.1) is 6.04 Å². The van der Waals surface area contributed by atoms with Gasteiger partial charge >= 0.3 is 0 Å². The zero-order valence-corrected chi connectivity index (χ0v) is 20.7. The molecule has 0 spiro atoms. The van der Waals surface area contributed by atoms with Gasteiger partial charge in [0.1, 0.15) is 5.75 Å². The Labute approximate surface area is 199 Å². The molecule has 1 fully saturated rings. The summed E-state index contributed by atoms with van der Waals surface area (Å²) in [5.41, 5.74) is 2.92. The Morgan fingerprint density at radius 1 is 1.06 bits per heavy atom. The fourth-order valence-electron chi connectivity index (χ4n) is 5.01. The van der Waals surface area contributed by atoms with E-state index in [0.717, 1.165) is 36.3 Å². The third-order valence-corrected chi connectivity index (χ3v) is 6.76. The van der Waals surface area contributed by atoms with Crippen LogP contribution in [0.15, 0.2) is 60.7 Å². The van der Waals surface area contributed by atoms with Crippen LogP contribution >= 0.6 is 0 Å². The van der Waals surface area contributed by atoms with E-state index in [9.17, 15) is 9.90 Å². The van der Waals surface area contributed by atoms with E-state index in [1.54, 1.807) is 6.07 Å². The second kappa shape index (κ2) is 11.5. The predicted octanol–water partition coefficient (Wildman–Crippen LogP) is 4.93. The summed E-state index contributed by atoms with van der Waals surface area (Å²) < 4.78 is 0. The molecule has 3 rings (SSSR count). The molecule has 1 aliphatic heterocycles. The highest BCUT2D eigenvalue weighted by atomic mass is 16.3. The number of hydrogen-bond acceptors (Lipinski definition) is 4. The van der Waals surface area contributed by atoms with Gasteiger partial charge in [-0.15, -0.1) is 0 Å². The molecular weight excluding hydrogens is 410 g/mol. The standard InChI is InChI=1S/C28H39N3O2/c1-6-9-17-31-21(4)19-30(20-22(31)5)27(25-11-10-12-26(32)18-25)23-13-15-24(16-14-23)28(33)29(7-2)8-3/h6,9-16,18,21-22,27,32H,7-8,17,19-20H2,1-5H3. The van der Waals surface area contributed by atoms with E-state index in [1.807, 2.05) is 43.0 Å². The van der Waals surface area contributed by atoms with E-state index in [0.29, 0.717) is 25.2 Å². The number of rotatable bonds is 8. The summed E-state index contributed by atoms with van der Waals surface area (Å²) in [6.45, 7) is 14.9. The Morgan fingerprint density at radius 2 is 1.70 bits per heavy atom. The Morgan fingerprint density at radius 3 is 2.24 bits per heavy atom. The SMILES string of the molecule is CC=CCN1C(C)CN(C(c2ccc(C(=O)N(CC)CC)cc2)c2cccc(O)c2)CC1C. The van der Waals surface area contributed by atoms with Crippen LogP contribution in [0.5, 0.6) is 5.75 Å². The molecule has 2 aromatic rings. The average molecular weight is 450 g/mol. The van der Waals surface area contributed by atoms with E-state index in [4.69, 9.17) is 0 Å². The Hall–Kier alpha value is -2.63. The van der Waals surface area contributed by atoms with Gasteiger partial charge < -0.3 is 10.0 Å². The molecule has 0 aliphatic carbocycles. The van der Waals surface area contributed by atoms with Crippen molar-refractivity contribution in [1.82, 2.24) is 14.7 Å². The van der Waals surface area contributed by atoms with E-state index in [-0.39, 0.29) is 17.7 Å². The highest BCUT2D eigenvalue weighted by Crippen LogP contribution is 2.33. The van der Waals surface area contributed by atoms with Crippen molar-refractivity contribution >= 4 is 5.91 Å². The molecule has 2 aromatic carbocycles. The van der Waals surface area contributed by atoms with Gasteiger partial charge in [0.15, 0.2) is 0 Å². The fraction of sp³-hybridized carbons (Fsp3) is 0.464. The first kappa shape index (κ1) is 25.0. The molecule has 1 amide bonds. The fourth-order valence-corrected chi connectivity index (χ4v) is 5.01. The van der Waals surface area contributed by atoms with Gasteiger partial charge in [0.25, 0.3) is 5.91 Å². The van der Waals surface area contributed by atoms with Gasteiger partial charge in [0, 0.05) is 50.4 Å². The lowest BCUT2D eigenvalue weighted by molar-refractivity contribution is 0.0322. The molecule has 1 N–H and O–H groups in total. The minimum absolute atomic E-state index is 0.0171. The van der Waals surface area contributed by atoms with Gasteiger partial charge in [-0.3, -0.25) is 14.6 Å². The quantitative estimate of drug-likeness (QED) is 0.580. The molecule has 5 nitrogen and oxygen atoms in total. The first-order valence-corrected chi connectivity index (χ1v) is 12.2. The number of aromatic hydroxyl groups is 1. The third kappa shape index (κ3) is 5.84. The maximum Gasteiger partial charge on any atom is 0.253 e. The van der Waals surface area contributed by atoms with Gasteiger partial charge in [-0.1, -0.05) is 36.4 Å². The van der Waals surface area contributed by atoms with Crippen LogP contribution < -0.4 is 0 Å². The summed E-state index contributed by atoms with van der Waals surface area (Å²) in [5.74, 6) is 0.346. The topological polar surface area (TPSA) is 47.0 Å². The molecule has 178 valence electrons. The zero-order valence-electron chi connectivity index (χ0n) is 20.7. The molecule has 0 radical (unpaired) electrons. The Bertz CT molecular complexity index is 924. The molecule has 1 aliphatic rings. The van der Waals surface area contributed by atoms with Crippen LogP contribution in [-0.2, 0) is 0 Å². The van der Waals surface area contributed by atoms with E-state index < -0.39 is 0 Å². The smallest absolute Gasteiger partial charge is 0.253 e. The molecule has 3 unspecified atom stereocenters. The lowest BCUT2D eigenvalue weighted by atomic mass is 9.93. The number of allylic oxidation sites excluding steroid dienone is 1. The Balaban J connectivity index is 1.93. The lowest BCUT2D eigenvalue weighted by Crippen LogP contribution is -2.57. The van der Waals surface area contributed by atoms with Crippen LogP contribution in [0.25, 0.3) is 0 Å². The predicted molar refractivity (Wildman–Crippen MR) is 136 cm³/mol. The number of phenols is 1. The number of hydrogen-bond donors (Lipinski definition) is 1. The van der Waals surface area contributed by atoms with Gasteiger partial charge in [-0.05, 0) is 70.0 Å². The summed E-state index contributed by atoms with van der Waals surface area (Å²) >= 11 is 0. The van der Waals surface area contributed by atoms with E-state index in [1.165, 1.54) is 0 Å². The van der Waals surface area contributed by atoms with Crippen molar-refractivity contribution in [2.24, 2.45) is 0 Å². The summed E-state index contributed by atoms with van der Waals surface area (Å²) in [6.07, 6.45) is 4.34. The maximum absolute atomic E-state index is 12.8. The van der Waals surface area contributed by atoms with Crippen molar-refractivity contribution in [2.75, 3.05) is 32.7 Å². The summed E-state index contributed by atoms with van der Waals surface area (Å²) in [7, 11) is 0. The number of benzene rings is 2. The Kier molecular flexibility index (Phi) is 8.70. The molecule has 3 atom stereocenters. The largest absolute Gasteiger partial charge is 0.508 e. The van der Waals surface area contributed by atoms with Gasteiger partial charge in [-0.25, -0.2) is 0 Å². The first-order valence-electron chi connectivity index (χ1n) is 12.2. The van der Waals surface area contributed by atoms with E-state index in [2.05, 4.69) is 60.9 Å². The number of piperazine rings is 1. The minimum Gasteiger partial charge on any atom is -0.508 e. The van der Waals surface area contributed by atoms with Crippen LogP contribution in [0.1, 0.15) is 62.1 Å². The van der Waals surface area contributed by atoms with Crippen LogP contribution in [0.2, 0.25) is 0 Å². The van der Waals surface area contributed by atoms with Crippen molar-refractivity contribution < 1.29 is 9.90 Å². The summed E-state index contributed by atoms with van der Waals surface area (Å²) in [5, 5.41) is 10.2. The van der Waals surface area contributed by atoms with Crippen LogP contribution in [0.4, 0.5) is 0 Å². The molecule has 0 bridgehead atoms. The van der Waals surface area contributed by atoms with Gasteiger partial charge in [0.2, 0.25) is 0 Å². The molecule has 33 heavy (non-hydrogen) atoms. The third-order valence-electron chi connectivity index (χ3n) is 6.76. The molecule has 0 aromatic heterocycles. The van der Waals surface area contributed by atoms with Crippen LogP contribution in [0.3, 0.4) is 0 Å². The van der Waals surface area contributed by atoms with Crippen molar-refractivity contribution in [3.8, 4) is 5.75 Å². The maximum atomic E-state index is 12.8. The monoisotopic (exact) mass is 449 g/mol. The second-order valence-corrected chi connectivity index (χ2v) is 9.01. The zero-order chi connectivity index (χ0) is 24.0. The first-order chi connectivity index (χ1) is 15.9. The van der Waals surface area contributed by atoms with Crippen LogP contribution in [-0.4, -0.2) is 70.5 Å². The molecule has 5 heteroatoms. The number of carbonyl (C=O) groups is 1. The lowest BCUT2D eigenvalue weighted by Gasteiger charge is -2.47. The highest BCUT2D eigenvalue weighted by Gasteiger charge is 2.33. The van der Waals surface area contributed by atoms with Crippen molar-refractivity contribution in [1.29, 1.82) is 0 Å².